The van der Waals surface area contributed by atoms with Gasteiger partial charge < -0.3 is 0 Å². The Kier molecular flexibility index (Phi) is 8.48. The molecule has 1 aromatic heterocycles. The van der Waals surface area contributed by atoms with E-state index < -0.39 is 0 Å². The molecule has 15 heavy (non-hydrogen) atoms. The zero-order valence-corrected chi connectivity index (χ0v) is 8.83. The van der Waals surface area contributed by atoms with Gasteiger partial charge in [-0.2, -0.15) is 0 Å². The predicted octanol–water partition coefficient (Wildman–Crippen LogP) is 2.29. The van der Waals surface area contributed by atoms with Crippen molar-refractivity contribution < 1.29 is 0 Å². The van der Waals surface area contributed by atoms with Crippen molar-refractivity contribution in [3.8, 4) is 36.5 Å². The number of nitrogens with zero attached hydrogens (tertiary/aromatic N) is 1. The molecule has 1 heteroatoms. The third kappa shape index (κ3) is 8.17. The number of terminal acetylenes is 2. The topological polar surface area (TPSA) is 12.9 Å². The van der Waals surface area contributed by atoms with Crippen LogP contribution in [-0.2, 0) is 6.42 Å². The third-order valence-electron chi connectivity index (χ3n) is 1.47. The molecule has 0 aliphatic heterocycles. The molecule has 1 aromatic rings. The van der Waals surface area contributed by atoms with Crippen molar-refractivity contribution in [1.29, 1.82) is 0 Å². The van der Waals surface area contributed by atoms with Gasteiger partial charge in [0.1, 0.15) is 0 Å². The third-order valence-corrected chi connectivity index (χ3v) is 1.47. The van der Waals surface area contributed by atoms with Crippen LogP contribution in [0.2, 0.25) is 0 Å². The van der Waals surface area contributed by atoms with Crippen molar-refractivity contribution in [2.75, 3.05) is 0 Å². The van der Waals surface area contributed by atoms with Gasteiger partial charge >= 0.3 is 0 Å². The van der Waals surface area contributed by atoms with Gasteiger partial charge in [0.25, 0.3) is 0 Å². The second-order valence-electron chi connectivity index (χ2n) is 2.65. The second kappa shape index (κ2) is 9.91. The van der Waals surface area contributed by atoms with E-state index in [1.807, 2.05) is 12.3 Å². The van der Waals surface area contributed by atoms with Gasteiger partial charge in [0, 0.05) is 12.4 Å². The normalized spacial score (nSPS) is 6.87. The Morgan fingerprint density at radius 1 is 1.27 bits per heavy atom. The van der Waals surface area contributed by atoms with Gasteiger partial charge in [0.15, 0.2) is 0 Å². The molecule has 0 aliphatic rings. The summed E-state index contributed by atoms with van der Waals surface area (Å²) < 4.78 is 0. The fourth-order valence-corrected chi connectivity index (χ4v) is 0.907. The maximum atomic E-state index is 4.70. The lowest BCUT2D eigenvalue weighted by molar-refractivity contribution is 0.914. The lowest BCUT2D eigenvalue weighted by Crippen LogP contribution is -1.81. The van der Waals surface area contributed by atoms with Gasteiger partial charge in [0.2, 0.25) is 0 Å². The average molecular weight is 195 g/mol. The summed E-state index contributed by atoms with van der Waals surface area (Å²) in [7, 11) is 0. The smallest absolute Gasteiger partial charge is 0.0299 e. The zero-order chi connectivity index (χ0) is 11.4. The van der Waals surface area contributed by atoms with Gasteiger partial charge in [-0.3, -0.25) is 4.98 Å². The monoisotopic (exact) mass is 195 g/mol. The highest BCUT2D eigenvalue weighted by Gasteiger charge is 1.85. The van der Waals surface area contributed by atoms with Crippen molar-refractivity contribution in [2.45, 2.75) is 19.8 Å². The molecule has 0 spiro atoms. The second-order valence-corrected chi connectivity index (χ2v) is 2.65. The fourth-order valence-electron chi connectivity index (χ4n) is 0.907. The zero-order valence-electron chi connectivity index (χ0n) is 8.83. The van der Waals surface area contributed by atoms with Gasteiger partial charge in [-0.05, 0) is 41.7 Å². The van der Waals surface area contributed by atoms with Crippen LogP contribution in [0.1, 0.15) is 18.9 Å². The molecule has 0 radical (unpaired) electrons. The number of hydrogen-bond donors (Lipinski definition) is 0. The first kappa shape index (κ1) is 12.8. The summed E-state index contributed by atoms with van der Waals surface area (Å²) in [5.41, 5.74) is 1.33. The minimum absolute atomic E-state index is 1.15. The van der Waals surface area contributed by atoms with Gasteiger partial charge in [-0.15, -0.1) is 12.8 Å². The van der Waals surface area contributed by atoms with E-state index in [4.69, 9.17) is 12.8 Å². The molecule has 0 fully saturated rings. The summed E-state index contributed by atoms with van der Waals surface area (Å²) in [6, 6.07) is 4.08. The molecule has 0 saturated heterocycles. The minimum atomic E-state index is 1.15. The Morgan fingerprint density at radius 3 is 2.33 bits per heavy atom. The Bertz CT molecular complexity index is 375. The van der Waals surface area contributed by atoms with E-state index >= 15 is 0 Å². The highest BCUT2D eigenvalue weighted by Crippen LogP contribution is 1.98. The molecular formula is C14H13N. The standard InChI is InChI=1S/C8H11N.C6H2/c1-2-4-8-5-3-6-9-7-8;1-3-5-6-4-2/h3,5-7H,2,4H2,1H3;1-2H. The van der Waals surface area contributed by atoms with E-state index in [0.29, 0.717) is 0 Å². The van der Waals surface area contributed by atoms with Crippen LogP contribution in [-0.4, -0.2) is 4.98 Å². The molecule has 0 atom stereocenters. The molecule has 1 rings (SSSR count). The molecular weight excluding hydrogens is 182 g/mol. The molecule has 0 aliphatic carbocycles. The van der Waals surface area contributed by atoms with E-state index in [1.54, 1.807) is 6.20 Å². The van der Waals surface area contributed by atoms with Crippen molar-refractivity contribution in [2.24, 2.45) is 0 Å². The summed E-state index contributed by atoms with van der Waals surface area (Å²) in [5, 5.41) is 0. The molecule has 0 unspecified atom stereocenters. The van der Waals surface area contributed by atoms with Crippen molar-refractivity contribution in [3.05, 3.63) is 30.1 Å². The molecule has 0 saturated carbocycles. The van der Waals surface area contributed by atoms with Crippen LogP contribution in [0.5, 0.6) is 0 Å². The van der Waals surface area contributed by atoms with Crippen molar-refractivity contribution in [1.82, 2.24) is 4.98 Å². The summed E-state index contributed by atoms with van der Waals surface area (Å²) >= 11 is 0. The van der Waals surface area contributed by atoms with E-state index in [0.717, 1.165) is 6.42 Å². The number of aryl methyl sites for hydroxylation is 1. The molecule has 0 amide bonds. The van der Waals surface area contributed by atoms with Crippen LogP contribution in [0.15, 0.2) is 24.5 Å². The Hall–Kier alpha value is -2.17. The first-order valence-electron chi connectivity index (χ1n) is 4.65. The van der Waals surface area contributed by atoms with Crippen LogP contribution >= 0.6 is 0 Å². The number of aromatic nitrogens is 1. The van der Waals surface area contributed by atoms with Crippen LogP contribution < -0.4 is 0 Å². The van der Waals surface area contributed by atoms with Crippen molar-refractivity contribution >= 4 is 0 Å². The number of rotatable bonds is 2. The van der Waals surface area contributed by atoms with Crippen LogP contribution in [0.25, 0.3) is 0 Å². The molecule has 0 N–H and O–H groups in total. The first-order valence-corrected chi connectivity index (χ1v) is 4.65. The highest BCUT2D eigenvalue weighted by molar-refractivity contribution is 5.31. The SMILES string of the molecule is C#CC#CC#C.CCCc1cccnc1. The van der Waals surface area contributed by atoms with Crippen LogP contribution in [0.4, 0.5) is 0 Å². The quantitative estimate of drug-likeness (QED) is 0.660. The number of hydrogen-bond acceptors (Lipinski definition) is 1. The highest BCUT2D eigenvalue weighted by atomic mass is 14.6. The largest absolute Gasteiger partial charge is 0.264 e. The molecule has 1 nitrogen and oxygen atoms in total. The van der Waals surface area contributed by atoms with Crippen LogP contribution in [0, 0.1) is 36.5 Å². The maximum Gasteiger partial charge on any atom is 0.0299 e. The lowest BCUT2D eigenvalue weighted by atomic mass is 10.2. The molecule has 1 heterocycles. The summed E-state index contributed by atoms with van der Waals surface area (Å²) in [5.74, 6) is 8.61. The van der Waals surface area contributed by atoms with Gasteiger partial charge in [-0.1, -0.05) is 19.4 Å². The maximum absolute atomic E-state index is 4.70. The number of pyridine rings is 1. The van der Waals surface area contributed by atoms with Crippen molar-refractivity contribution in [3.63, 3.8) is 0 Å². The van der Waals surface area contributed by atoms with Gasteiger partial charge in [0.05, 0.1) is 0 Å². The molecule has 0 bridgehead atoms. The Labute approximate surface area is 91.9 Å². The summed E-state index contributed by atoms with van der Waals surface area (Å²) in [6.45, 7) is 2.17. The van der Waals surface area contributed by atoms with E-state index in [1.165, 1.54) is 12.0 Å². The molecule has 74 valence electrons. The Balaban J connectivity index is 0.000000288. The summed E-state index contributed by atoms with van der Waals surface area (Å²) in [4.78, 5) is 4.00. The minimum Gasteiger partial charge on any atom is -0.264 e. The Morgan fingerprint density at radius 2 is 1.93 bits per heavy atom. The van der Waals surface area contributed by atoms with Gasteiger partial charge in [-0.25, -0.2) is 0 Å². The average Bonchev–Trinajstić information content (AvgIpc) is 2.29. The molecule has 0 aromatic carbocycles. The predicted molar refractivity (Wildman–Crippen MR) is 63.7 cm³/mol. The summed E-state index contributed by atoms with van der Waals surface area (Å²) in [6.07, 6.45) is 15.5. The van der Waals surface area contributed by atoms with E-state index in [2.05, 4.69) is 41.7 Å². The fraction of sp³-hybridized carbons (Fsp3) is 0.214. The van der Waals surface area contributed by atoms with Crippen LogP contribution in [0.3, 0.4) is 0 Å². The van der Waals surface area contributed by atoms with E-state index in [9.17, 15) is 0 Å². The first-order chi connectivity index (χ1) is 7.35. The van der Waals surface area contributed by atoms with E-state index in [-0.39, 0.29) is 0 Å². The lowest BCUT2D eigenvalue weighted by Gasteiger charge is -1.92.